The largest absolute Gasteiger partial charge is 0.423 e. The Bertz CT molecular complexity index is 840. The minimum atomic E-state index is -0.318. The third-order valence-electron chi connectivity index (χ3n) is 7.43. The molecule has 0 amide bonds. The van der Waals surface area contributed by atoms with Crippen LogP contribution in [0.3, 0.4) is 0 Å². The molecule has 0 heterocycles. The van der Waals surface area contributed by atoms with Gasteiger partial charge in [-0.25, -0.2) is 4.79 Å². The Kier molecular flexibility index (Phi) is 17.5. The topological polar surface area (TPSA) is 35.5 Å². The first-order valence-electron chi connectivity index (χ1n) is 15.7. The molecule has 0 bridgehead atoms. The van der Waals surface area contributed by atoms with Crippen molar-refractivity contribution in [2.45, 2.75) is 136 Å². The van der Waals surface area contributed by atoms with Crippen molar-refractivity contribution in [3.8, 4) is 5.75 Å². The van der Waals surface area contributed by atoms with Crippen LogP contribution in [-0.2, 0) is 11.2 Å². The summed E-state index contributed by atoms with van der Waals surface area (Å²) in [5, 5.41) is 0. The van der Waals surface area contributed by atoms with E-state index in [4.69, 9.17) is 9.47 Å². The second-order valence-corrected chi connectivity index (χ2v) is 10.9. The molecule has 0 aliphatic carbocycles. The highest BCUT2D eigenvalue weighted by Gasteiger charge is 2.10. The van der Waals surface area contributed by atoms with Crippen molar-refractivity contribution in [2.75, 3.05) is 6.61 Å². The predicted octanol–water partition coefficient (Wildman–Crippen LogP) is 10.8. The number of hydrogen-bond donors (Lipinski definition) is 0. The average molecular weight is 523 g/mol. The molecule has 3 heteroatoms. The molecular formula is C35H54O3. The maximum Gasteiger partial charge on any atom is 0.343 e. The SMILES string of the molecule is CCCCCCCCCCCCCCCCOC(C)c1ccc(OC(=O)c2ccc(CCCC)cc2)cc1. The average Bonchev–Trinajstić information content (AvgIpc) is 2.94. The number of aryl methyl sites for hydroxylation is 1. The van der Waals surface area contributed by atoms with Gasteiger partial charge in [-0.2, -0.15) is 0 Å². The van der Waals surface area contributed by atoms with Gasteiger partial charge in [0.25, 0.3) is 0 Å². The van der Waals surface area contributed by atoms with Gasteiger partial charge in [0, 0.05) is 6.61 Å². The molecule has 0 N–H and O–H groups in total. The molecule has 0 aromatic heterocycles. The minimum absolute atomic E-state index is 0.0392. The number of rotatable bonds is 22. The van der Waals surface area contributed by atoms with Crippen molar-refractivity contribution in [3.63, 3.8) is 0 Å². The molecular weight excluding hydrogens is 468 g/mol. The lowest BCUT2D eigenvalue weighted by molar-refractivity contribution is 0.0627. The third kappa shape index (κ3) is 14.1. The first-order valence-corrected chi connectivity index (χ1v) is 15.7. The van der Waals surface area contributed by atoms with E-state index in [9.17, 15) is 4.79 Å². The number of carbonyl (C=O) groups is 1. The summed E-state index contributed by atoms with van der Waals surface area (Å²) in [7, 11) is 0. The van der Waals surface area contributed by atoms with Crippen LogP contribution in [-0.4, -0.2) is 12.6 Å². The zero-order valence-corrected chi connectivity index (χ0v) is 24.6. The van der Waals surface area contributed by atoms with Crippen LogP contribution in [0.4, 0.5) is 0 Å². The van der Waals surface area contributed by atoms with Crippen molar-refractivity contribution < 1.29 is 14.3 Å². The van der Waals surface area contributed by atoms with Crippen LogP contribution in [0.5, 0.6) is 5.75 Å². The summed E-state index contributed by atoms with van der Waals surface area (Å²) >= 11 is 0. The number of benzene rings is 2. The lowest BCUT2D eigenvalue weighted by atomic mass is 10.0. The molecule has 38 heavy (non-hydrogen) atoms. The van der Waals surface area contributed by atoms with Crippen LogP contribution in [0.2, 0.25) is 0 Å². The second kappa shape index (κ2) is 20.8. The van der Waals surface area contributed by atoms with Crippen molar-refractivity contribution in [1.82, 2.24) is 0 Å². The maximum absolute atomic E-state index is 12.5. The van der Waals surface area contributed by atoms with Gasteiger partial charge < -0.3 is 9.47 Å². The number of unbranched alkanes of at least 4 members (excludes halogenated alkanes) is 14. The van der Waals surface area contributed by atoms with Gasteiger partial charge in [-0.05, 0) is 61.6 Å². The van der Waals surface area contributed by atoms with Gasteiger partial charge in [0.15, 0.2) is 0 Å². The molecule has 0 saturated heterocycles. The minimum Gasteiger partial charge on any atom is -0.423 e. The zero-order chi connectivity index (χ0) is 27.3. The summed E-state index contributed by atoms with van der Waals surface area (Å²) in [5.74, 6) is 0.245. The van der Waals surface area contributed by atoms with E-state index in [1.165, 1.54) is 95.5 Å². The zero-order valence-electron chi connectivity index (χ0n) is 24.6. The lowest BCUT2D eigenvalue weighted by Gasteiger charge is -2.14. The van der Waals surface area contributed by atoms with Crippen LogP contribution in [0.15, 0.2) is 48.5 Å². The molecule has 2 aromatic carbocycles. The molecule has 2 aromatic rings. The Labute approximate surface area is 233 Å². The van der Waals surface area contributed by atoms with E-state index >= 15 is 0 Å². The van der Waals surface area contributed by atoms with Gasteiger partial charge >= 0.3 is 5.97 Å². The number of carbonyl (C=O) groups excluding carboxylic acids is 1. The maximum atomic E-state index is 12.5. The van der Waals surface area contributed by atoms with E-state index in [0.29, 0.717) is 11.3 Å². The molecule has 0 radical (unpaired) electrons. The second-order valence-electron chi connectivity index (χ2n) is 10.9. The Morgan fingerprint density at radius 1 is 0.632 bits per heavy atom. The van der Waals surface area contributed by atoms with Crippen molar-refractivity contribution in [1.29, 1.82) is 0 Å². The monoisotopic (exact) mass is 522 g/mol. The number of esters is 1. The van der Waals surface area contributed by atoms with Gasteiger partial charge in [-0.15, -0.1) is 0 Å². The van der Waals surface area contributed by atoms with E-state index in [2.05, 4.69) is 20.8 Å². The van der Waals surface area contributed by atoms with E-state index in [0.717, 1.165) is 31.4 Å². The van der Waals surface area contributed by atoms with Crippen LogP contribution in [0.1, 0.15) is 151 Å². The Hall–Kier alpha value is -2.13. The normalized spacial score (nSPS) is 12.0. The molecule has 0 spiro atoms. The van der Waals surface area contributed by atoms with Crippen molar-refractivity contribution >= 4 is 5.97 Å². The van der Waals surface area contributed by atoms with Crippen LogP contribution in [0.25, 0.3) is 0 Å². The Morgan fingerprint density at radius 3 is 1.66 bits per heavy atom. The van der Waals surface area contributed by atoms with E-state index in [1.54, 1.807) is 0 Å². The Balaban J connectivity index is 1.51. The van der Waals surface area contributed by atoms with Crippen LogP contribution in [0, 0.1) is 0 Å². The first kappa shape index (κ1) is 32.1. The van der Waals surface area contributed by atoms with E-state index in [-0.39, 0.29) is 12.1 Å². The highest BCUT2D eigenvalue weighted by Crippen LogP contribution is 2.22. The molecule has 212 valence electrons. The Morgan fingerprint density at radius 2 is 1.13 bits per heavy atom. The lowest BCUT2D eigenvalue weighted by Crippen LogP contribution is -2.08. The molecule has 1 atom stereocenters. The standard InChI is InChI=1S/C35H54O3/c1-4-6-8-9-10-11-12-13-14-15-16-17-18-19-29-37-30(3)32-25-27-34(28-26-32)38-35(36)33-23-21-31(22-24-33)20-7-5-2/h21-28,30H,4-20,29H2,1-3H3. The molecule has 0 saturated carbocycles. The fraction of sp³-hybridized carbons (Fsp3) is 0.629. The summed E-state index contributed by atoms with van der Waals surface area (Å²) in [6, 6.07) is 15.5. The van der Waals surface area contributed by atoms with Gasteiger partial charge in [0.1, 0.15) is 5.75 Å². The number of ether oxygens (including phenoxy) is 2. The van der Waals surface area contributed by atoms with Gasteiger partial charge in [-0.3, -0.25) is 0 Å². The third-order valence-corrected chi connectivity index (χ3v) is 7.43. The smallest absolute Gasteiger partial charge is 0.343 e. The number of hydrogen-bond acceptors (Lipinski definition) is 3. The van der Waals surface area contributed by atoms with Gasteiger partial charge in [0.2, 0.25) is 0 Å². The first-order chi connectivity index (χ1) is 18.6. The van der Waals surface area contributed by atoms with Gasteiger partial charge in [-0.1, -0.05) is 128 Å². The van der Waals surface area contributed by atoms with Gasteiger partial charge in [0.05, 0.1) is 11.7 Å². The molecule has 3 nitrogen and oxygen atoms in total. The highest BCUT2D eigenvalue weighted by molar-refractivity contribution is 5.91. The highest BCUT2D eigenvalue weighted by atomic mass is 16.5. The summed E-state index contributed by atoms with van der Waals surface area (Å²) in [5.41, 5.74) is 2.95. The molecule has 1 unspecified atom stereocenters. The molecule has 0 fully saturated rings. The van der Waals surface area contributed by atoms with E-state index < -0.39 is 0 Å². The predicted molar refractivity (Wildman–Crippen MR) is 161 cm³/mol. The fourth-order valence-corrected chi connectivity index (χ4v) is 4.81. The molecule has 0 aliphatic rings. The summed E-state index contributed by atoms with van der Waals surface area (Å²) in [4.78, 5) is 12.5. The molecule has 0 aliphatic heterocycles. The summed E-state index contributed by atoms with van der Waals surface area (Å²) < 4.78 is 11.6. The summed E-state index contributed by atoms with van der Waals surface area (Å²) in [6.45, 7) is 7.35. The van der Waals surface area contributed by atoms with E-state index in [1.807, 2.05) is 48.5 Å². The van der Waals surface area contributed by atoms with Crippen LogP contribution >= 0.6 is 0 Å². The van der Waals surface area contributed by atoms with Crippen LogP contribution < -0.4 is 4.74 Å². The van der Waals surface area contributed by atoms with Crippen molar-refractivity contribution in [3.05, 3.63) is 65.2 Å². The quantitative estimate of drug-likeness (QED) is 0.0876. The van der Waals surface area contributed by atoms with Crippen molar-refractivity contribution in [2.24, 2.45) is 0 Å². The fourth-order valence-electron chi connectivity index (χ4n) is 4.81. The molecule has 2 rings (SSSR count). The summed E-state index contributed by atoms with van der Waals surface area (Å²) in [6.07, 6.45) is 22.6.